The van der Waals surface area contributed by atoms with Crippen molar-refractivity contribution in [2.45, 2.75) is 20.3 Å². The van der Waals surface area contributed by atoms with Crippen molar-refractivity contribution in [2.24, 2.45) is 0 Å². The number of aryl methyl sites for hydroxylation is 2. The molecule has 0 saturated carbocycles. The van der Waals surface area contributed by atoms with Gasteiger partial charge in [0, 0.05) is 11.9 Å². The summed E-state index contributed by atoms with van der Waals surface area (Å²) in [6.45, 7) is 3.50. The van der Waals surface area contributed by atoms with Crippen LogP contribution in [-0.4, -0.2) is 23.5 Å². The lowest BCUT2D eigenvalue weighted by molar-refractivity contribution is -0.119. The molecule has 0 fully saturated rings. The Bertz CT molecular complexity index is 778. The molecule has 2 rings (SSSR count). The molecule has 0 unspecified atom stereocenters. The van der Waals surface area contributed by atoms with Crippen molar-refractivity contribution in [1.82, 2.24) is 4.98 Å². The molecule has 1 aromatic carbocycles. The van der Waals surface area contributed by atoms with Crippen molar-refractivity contribution in [2.75, 3.05) is 11.9 Å². The second kappa shape index (κ2) is 8.13. The largest absolute Gasteiger partial charge is 0.452 e. The van der Waals surface area contributed by atoms with Gasteiger partial charge in [0.1, 0.15) is 5.15 Å². The highest BCUT2D eigenvalue weighted by atomic mass is 35.5. The lowest BCUT2D eigenvalue weighted by Crippen LogP contribution is -2.22. The molecular weight excluding hydrogens is 351 g/mol. The van der Waals surface area contributed by atoms with Gasteiger partial charge in [-0.05, 0) is 30.5 Å². The number of benzene rings is 1. The number of carbonyl (C=O) groups excluding carboxylic acids is 2. The van der Waals surface area contributed by atoms with E-state index in [9.17, 15) is 9.59 Å². The van der Waals surface area contributed by atoms with Gasteiger partial charge >= 0.3 is 5.97 Å². The van der Waals surface area contributed by atoms with Gasteiger partial charge in [-0.15, -0.1) is 0 Å². The predicted molar refractivity (Wildman–Crippen MR) is 93.7 cm³/mol. The second-order valence-electron chi connectivity index (χ2n) is 5.08. The molecule has 0 saturated heterocycles. The molecule has 1 aromatic heterocycles. The van der Waals surface area contributed by atoms with Crippen LogP contribution in [0.25, 0.3) is 0 Å². The van der Waals surface area contributed by atoms with Crippen LogP contribution in [0.4, 0.5) is 5.69 Å². The minimum absolute atomic E-state index is 0.0950. The third-order valence-corrected chi connectivity index (χ3v) is 4.06. The first-order chi connectivity index (χ1) is 11.4. The minimum Gasteiger partial charge on any atom is -0.452 e. The van der Waals surface area contributed by atoms with Crippen LogP contribution in [0, 0.1) is 6.92 Å². The first-order valence-electron chi connectivity index (χ1n) is 7.29. The number of esters is 1. The topological polar surface area (TPSA) is 68.3 Å². The molecule has 1 amide bonds. The monoisotopic (exact) mass is 366 g/mol. The Labute approximate surface area is 149 Å². The molecule has 126 valence electrons. The van der Waals surface area contributed by atoms with Gasteiger partial charge in [-0.3, -0.25) is 4.79 Å². The zero-order valence-corrected chi connectivity index (χ0v) is 14.7. The van der Waals surface area contributed by atoms with Crippen molar-refractivity contribution in [3.63, 3.8) is 0 Å². The van der Waals surface area contributed by atoms with E-state index in [4.69, 9.17) is 27.9 Å². The van der Waals surface area contributed by atoms with E-state index < -0.39 is 18.5 Å². The number of rotatable bonds is 5. The van der Waals surface area contributed by atoms with Crippen LogP contribution in [0.3, 0.4) is 0 Å². The standard InChI is InChI=1S/C17H16Cl2N2O3/c1-3-11-6-4-5-10(2)15(11)21-14(22)9-24-17(23)12-7-13(18)16(19)20-8-12/h4-8H,3,9H2,1-2H3,(H,21,22). The number of nitrogens with zero attached hydrogens (tertiary/aromatic N) is 1. The number of nitrogens with one attached hydrogen (secondary N) is 1. The summed E-state index contributed by atoms with van der Waals surface area (Å²) in [7, 11) is 0. The lowest BCUT2D eigenvalue weighted by atomic mass is 10.1. The molecule has 0 aliphatic heterocycles. The van der Waals surface area contributed by atoms with E-state index in [1.54, 1.807) is 0 Å². The molecule has 0 bridgehead atoms. The third-order valence-electron chi connectivity index (χ3n) is 3.37. The van der Waals surface area contributed by atoms with Crippen molar-refractivity contribution >= 4 is 40.8 Å². The van der Waals surface area contributed by atoms with Gasteiger partial charge in [-0.1, -0.05) is 48.3 Å². The fourth-order valence-corrected chi connectivity index (χ4v) is 2.39. The average Bonchev–Trinajstić information content (AvgIpc) is 2.57. The number of hydrogen-bond acceptors (Lipinski definition) is 4. The number of anilines is 1. The second-order valence-corrected chi connectivity index (χ2v) is 5.85. The number of amides is 1. The van der Waals surface area contributed by atoms with Crippen LogP contribution in [0.1, 0.15) is 28.4 Å². The molecule has 7 heteroatoms. The summed E-state index contributed by atoms with van der Waals surface area (Å²) in [6, 6.07) is 7.12. The molecule has 1 N–H and O–H groups in total. The zero-order chi connectivity index (χ0) is 17.7. The number of halogens is 2. The average molecular weight is 367 g/mol. The van der Waals surface area contributed by atoms with Crippen molar-refractivity contribution in [3.8, 4) is 0 Å². The van der Waals surface area contributed by atoms with Gasteiger partial charge in [0.2, 0.25) is 0 Å². The van der Waals surface area contributed by atoms with Gasteiger partial charge in [0.15, 0.2) is 6.61 Å². The molecule has 24 heavy (non-hydrogen) atoms. The van der Waals surface area contributed by atoms with Crippen molar-refractivity contribution < 1.29 is 14.3 Å². The van der Waals surface area contributed by atoms with Crippen LogP contribution in [0.5, 0.6) is 0 Å². The fraction of sp³-hybridized carbons (Fsp3) is 0.235. The maximum absolute atomic E-state index is 12.0. The Hall–Kier alpha value is -2.11. The Morgan fingerprint density at radius 3 is 2.71 bits per heavy atom. The van der Waals surface area contributed by atoms with Crippen LogP contribution < -0.4 is 5.32 Å². The molecule has 0 aliphatic rings. The maximum Gasteiger partial charge on any atom is 0.340 e. The first kappa shape index (κ1) is 18.2. The number of carbonyl (C=O) groups is 2. The summed E-state index contributed by atoms with van der Waals surface area (Å²) in [6.07, 6.45) is 2.02. The van der Waals surface area contributed by atoms with E-state index in [1.165, 1.54) is 12.3 Å². The summed E-state index contributed by atoms with van der Waals surface area (Å²) in [5, 5.41) is 3.01. The molecule has 1 heterocycles. The Balaban J connectivity index is 1.98. The highest BCUT2D eigenvalue weighted by Gasteiger charge is 2.14. The Kier molecular flexibility index (Phi) is 6.17. The molecule has 0 atom stereocenters. The summed E-state index contributed by atoms with van der Waals surface area (Å²) in [5.41, 5.74) is 2.84. The molecule has 2 aromatic rings. The molecule has 5 nitrogen and oxygen atoms in total. The number of pyridine rings is 1. The van der Waals surface area contributed by atoms with Crippen molar-refractivity contribution in [3.05, 3.63) is 57.3 Å². The van der Waals surface area contributed by atoms with Crippen molar-refractivity contribution in [1.29, 1.82) is 0 Å². The van der Waals surface area contributed by atoms with Gasteiger partial charge in [-0.25, -0.2) is 9.78 Å². The predicted octanol–water partition coefficient (Wildman–Crippen LogP) is 4.05. The van der Waals surface area contributed by atoms with Crippen LogP contribution >= 0.6 is 23.2 Å². The SMILES string of the molecule is CCc1cccc(C)c1NC(=O)COC(=O)c1cnc(Cl)c(Cl)c1. The van der Waals surface area contributed by atoms with Crippen LogP contribution in [-0.2, 0) is 16.0 Å². The summed E-state index contributed by atoms with van der Waals surface area (Å²) in [4.78, 5) is 27.7. The normalized spacial score (nSPS) is 10.3. The fourth-order valence-electron chi connectivity index (χ4n) is 2.12. The summed E-state index contributed by atoms with van der Waals surface area (Å²) in [5.74, 6) is -1.11. The number of aromatic nitrogens is 1. The van der Waals surface area contributed by atoms with E-state index in [-0.39, 0.29) is 15.7 Å². The van der Waals surface area contributed by atoms with Crippen LogP contribution in [0.15, 0.2) is 30.5 Å². The van der Waals surface area contributed by atoms with E-state index >= 15 is 0 Å². The van der Waals surface area contributed by atoms with E-state index in [1.807, 2.05) is 32.0 Å². The molecule has 0 spiro atoms. The van der Waals surface area contributed by atoms with E-state index in [0.717, 1.165) is 23.2 Å². The van der Waals surface area contributed by atoms with Gasteiger partial charge in [0.25, 0.3) is 5.91 Å². The quantitative estimate of drug-likeness (QED) is 0.639. The third kappa shape index (κ3) is 4.46. The minimum atomic E-state index is -0.697. The Morgan fingerprint density at radius 1 is 1.29 bits per heavy atom. The van der Waals surface area contributed by atoms with E-state index in [2.05, 4.69) is 10.3 Å². The smallest absolute Gasteiger partial charge is 0.340 e. The molecular formula is C17H16Cl2N2O3. The first-order valence-corrected chi connectivity index (χ1v) is 8.04. The number of para-hydroxylation sites is 1. The molecule has 0 aliphatic carbocycles. The number of ether oxygens (including phenoxy) is 1. The Morgan fingerprint density at radius 2 is 2.04 bits per heavy atom. The van der Waals surface area contributed by atoms with E-state index in [0.29, 0.717) is 0 Å². The number of hydrogen-bond donors (Lipinski definition) is 1. The highest BCUT2D eigenvalue weighted by Crippen LogP contribution is 2.21. The lowest BCUT2D eigenvalue weighted by Gasteiger charge is -2.13. The highest BCUT2D eigenvalue weighted by molar-refractivity contribution is 6.41. The summed E-state index contributed by atoms with van der Waals surface area (Å²) >= 11 is 11.5. The zero-order valence-electron chi connectivity index (χ0n) is 13.2. The van der Waals surface area contributed by atoms with Gasteiger partial charge < -0.3 is 10.1 Å². The van der Waals surface area contributed by atoms with Gasteiger partial charge in [0.05, 0.1) is 10.6 Å². The summed E-state index contributed by atoms with van der Waals surface area (Å²) < 4.78 is 4.98. The van der Waals surface area contributed by atoms with Crippen LogP contribution in [0.2, 0.25) is 10.2 Å². The van der Waals surface area contributed by atoms with Gasteiger partial charge in [-0.2, -0.15) is 0 Å². The maximum atomic E-state index is 12.0. The molecule has 0 radical (unpaired) electrons.